The maximum Gasteiger partial charge on any atom is 0.307 e. The van der Waals surface area contributed by atoms with E-state index in [0.717, 1.165) is 6.54 Å². The summed E-state index contributed by atoms with van der Waals surface area (Å²) in [5, 5.41) is 5.95. The lowest BCUT2D eigenvalue weighted by Gasteiger charge is -2.23. The van der Waals surface area contributed by atoms with Gasteiger partial charge >= 0.3 is 5.97 Å². The maximum absolute atomic E-state index is 11.6. The van der Waals surface area contributed by atoms with Crippen molar-refractivity contribution in [3.63, 3.8) is 0 Å². The Morgan fingerprint density at radius 2 is 2.35 bits per heavy atom. The summed E-state index contributed by atoms with van der Waals surface area (Å²) >= 11 is 0. The molecule has 1 heterocycles. The van der Waals surface area contributed by atoms with Crippen molar-refractivity contribution < 1.29 is 19.1 Å². The fourth-order valence-electron chi connectivity index (χ4n) is 1.69. The Morgan fingerprint density at radius 3 is 2.94 bits per heavy atom. The van der Waals surface area contributed by atoms with Gasteiger partial charge in [0, 0.05) is 25.0 Å². The SMILES string of the molecule is COC(=O)CC(C)NC(=O)CC1COCCN1. The van der Waals surface area contributed by atoms with E-state index in [1.54, 1.807) is 6.92 Å². The van der Waals surface area contributed by atoms with E-state index in [0.29, 0.717) is 19.6 Å². The number of carbonyl (C=O) groups excluding carboxylic acids is 2. The van der Waals surface area contributed by atoms with Crippen molar-refractivity contribution in [2.75, 3.05) is 26.9 Å². The quantitative estimate of drug-likeness (QED) is 0.634. The van der Waals surface area contributed by atoms with Crippen LogP contribution in [0, 0.1) is 0 Å². The molecule has 2 atom stereocenters. The van der Waals surface area contributed by atoms with Gasteiger partial charge in [0.05, 0.1) is 26.7 Å². The molecule has 0 bridgehead atoms. The molecule has 1 aliphatic heterocycles. The molecular formula is C11H20N2O4. The lowest BCUT2D eigenvalue weighted by Crippen LogP contribution is -2.45. The smallest absolute Gasteiger partial charge is 0.307 e. The van der Waals surface area contributed by atoms with Gasteiger partial charge in [0.15, 0.2) is 0 Å². The number of ether oxygens (including phenoxy) is 2. The van der Waals surface area contributed by atoms with Gasteiger partial charge < -0.3 is 20.1 Å². The van der Waals surface area contributed by atoms with E-state index in [1.165, 1.54) is 7.11 Å². The molecule has 0 aliphatic carbocycles. The van der Waals surface area contributed by atoms with Crippen LogP contribution in [0.5, 0.6) is 0 Å². The third-order valence-electron chi connectivity index (χ3n) is 2.54. The number of hydrogen-bond acceptors (Lipinski definition) is 5. The Labute approximate surface area is 101 Å². The molecule has 0 aromatic rings. The number of methoxy groups -OCH3 is 1. The molecule has 6 heteroatoms. The van der Waals surface area contributed by atoms with E-state index < -0.39 is 0 Å². The van der Waals surface area contributed by atoms with Gasteiger partial charge in [-0.05, 0) is 6.92 Å². The van der Waals surface area contributed by atoms with E-state index in [-0.39, 0.29) is 30.4 Å². The number of amides is 1. The zero-order valence-corrected chi connectivity index (χ0v) is 10.3. The van der Waals surface area contributed by atoms with Gasteiger partial charge in [-0.25, -0.2) is 0 Å². The number of hydrogen-bond donors (Lipinski definition) is 2. The van der Waals surface area contributed by atoms with Crippen molar-refractivity contribution in [1.82, 2.24) is 10.6 Å². The topological polar surface area (TPSA) is 76.7 Å². The highest BCUT2D eigenvalue weighted by molar-refractivity contribution is 5.78. The van der Waals surface area contributed by atoms with Crippen LogP contribution in [0.3, 0.4) is 0 Å². The minimum absolute atomic E-state index is 0.0640. The van der Waals surface area contributed by atoms with Gasteiger partial charge in [-0.2, -0.15) is 0 Å². The van der Waals surface area contributed by atoms with Crippen LogP contribution in [0.4, 0.5) is 0 Å². The van der Waals surface area contributed by atoms with Crippen LogP contribution in [-0.4, -0.2) is 50.8 Å². The van der Waals surface area contributed by atoms with Crippen LogP contribution in [0.25, 0.3) is 0 Å². The summed E-state index contributed by atoms with van der Waals surface area (Å²) in [5.74, 6) is -0.402. The van der Waals surface area contributed by atoms with Crippen molar-refractivity contribution in [3.05, 3.63) is 0 Å². The zero-order chi connectivity index (χ0) is 12.7. The number of rotatable bonds is 5. The zero-order valence-electron chi connectivity index (χ0n) is 10.3. The molecule has 2 N–H and O–H groups in total. The monoisotopic (exact) mass is 244 g/mol. The summed E-state index contributed by atoms with van der Waals surface area (Å²) in [6.45, 7) is 3.80. The molecule has 6 nitrogen and oxygen atoms in total. The van der Waals surface area contributed by atoms with E-state index in [2.05, 4.69) is 15.4 Å². The molecule has 2 unspecified atom stereocenters. The second-order valence-corrected chi connectivity index (χ2v) is 4.18. The molecule has 1 saturated heterocycles. The summed E-state index contributed by atoms with van der Waals surface area (Å²) in [6, 6.07) is -0.145. The molecule has 0 aromatic heterocycles. The molecule has 1 aliphatic rings. The molecular weight excluding hydrogens is 224 g/mol. The Hall–Kier alpha value is -1.14. The molecule has 1 rings (SSSR count). The van der Waals surface area contributed by atoms with Crippen molar-refractivity contribution in [1.29, 1.82) is 0 Å². The summed E-state index contributed by atoms with van der Waals surface area (Å²) in [4.78, 5) is 22.6. The van der Waals surface area contributed by atoms with E-state index >= 15 is 0 Å². The molecule has 0 spiro atoms. The third kappa shape index (κ3) is 5.65. The molecule has 17 heavy (non-hydrogen) atoms. The second-order valence-electron chi connectivity index (χ2n) is 4.18. The number of carbonyl (C=O) groups is 2. The van der Waals surface area contributed by atoms with Crippen molar-refractivity contribution in [2.45, 2.75) is 31.8 Å². The van der Waals surface area contributed by atoms with Crippen LogP contribution in [0.1, 0.15) is 19.8 Å². The van der Waals surface area contributed by atoms with Gasteiger partial charge in [0.1, 0.15) is 0 Å². The molecule has 0 radical (unpaired) electrons. The van der Waals surface area contributed by atoms with Gasteiger partial charge in [-0.15, -0.1) is 0 Å². The average Bonchev–Trinajstić information content (AvgIpc) is 2.29. The van der Waals surface area contributed by atoms with Gasteiger partial charge in [0.2, 0.25) is 5.91 Å². The normalized spacial score (nSPS) is 21.6. The van der Waals surface area contributed by atoms with Gasteiger partial charge in [-0.3, -0.25) is 9.59 Å². The van der Waals surface area contributed by atoms with Gasteiger partial charge in [-0.1, -0.05) is 0 Å². The van der Waals surface area contributed by atoms with E-state index in [9.17, 15) is 9.59 Å². The van der Waals surface area contributed by atoms with Crippen molar-refractivity contribution in [3.8, 4) is 0 Å². The molecule has 1 amide bonds. The highest BCUT2D eigenvalue weighted by Crippen LogP contribution is 2.00. The number of nitrogens with one attached hydrogen (secondary N) is 2. The average molecular weight is 244 g/mol. The third-order valence-corrected chi connectivity index (χ3v) is 2.54. The van der Waals surface area contributed by atoms with Crippen molar-refractivity contribution in [2.24, 2.45) is 0 Å². The fraction of sp³-hybridized carbons (Fsp3) is 0.818. The second kappa shape index (κ2) is 7.24. The Balaban J connectivity index is 2.21. The first-order valence-corrected chi connectivity index (χ1v) is 5.79. The summed E-state index contributed by atoms with van der Waals surface area (Å²) < 4.78 is 9.78. The summed E-state index contributed by atoms with van der Waals surface area (Å²) in [7, 11) is 1.33. The van der Waals surface area contributed by atoms with Crippen LogP contribution in [-0.2, 0) is 19.1 Å². The first-order valence-electron chi connectivity index (χ1n) is 5.79. The van der Waals surface area contributed by atoms with E-state index in [1.807, 2.05) is 0 Å². The highest BCUT2D eigenvalue weighted by Gasteiger charge is 2.18. The lowest BCUT2D eigenvalue weighted by atomic mass is 10.1. The predicted molar refractivity (Wildman–Crippen MR) is 61.5 cm³/mol. The Kier molecular flexibility index (Phi) is 5.93. The molecule has 0 saturated carbocycles. The van der Waals surface area contributed by atoms with E-state index in [4.69, 9.17) is 4.74 Å². The Bertz CT molecular complexity index is 264. The first-order chi connectivity index (χ1) is 8.11. The molecule has 0 aromatic carbocycles. The molecule has 98 valence electrons. The van der Waals surface area contributed by atoms with Crippen LogP contribution in [0.15, 0.2) is 0 Å². The molecule has 1 fully saturated rings. The highest BCUT2D eigenvalue weighted by atomic mass is 16.5. The van der Waals surface area contributed by atoms with Gasteiger partial charge in [0.25, 0.3) is 0 Å². The minimum Gasteiger partial charge on any atom is -0.469 e. The predicted octanol–water partition coefficient (Wildman–Crippen LogP) is -0.567. The van der Waals surface area contributed by atoms with Crippen LogP contribution < -0.4 is 10.6 Å². The first kappa shape index (κ1) is 13.9. The largest absolute Gasteiger partial charge is 0.469 e. The maximum atomic E-state index is 11.6. The standard InChI is InChI=1S/C11H20N2O4/c1-8(5-11(15)16-2)13-10(14)6-9-7-17-4-3-12-9/h8-9,12H,3-7H2,1-2H3,(H,13,14). The summed E-state index contributed by atoms with van der Waals surface area (Å²) in [5.41, 5.74) is 0. The Morgan fingerprint density at radius 1 is 1.59 bits per heavy atom. The van der Waals surface area contributed by atoms with Crippen molar-refractivity contribution >= 4 is 11.9 Å². The lowest BCUT2D eigenvalue weighted by molar-refractivity contribution is -0.141. The summed E-state index contributed by atoms with van der Waals surface area (Å²) in [6.07, 6.45) is 0.558. The van der Waals surface area contributed by atoms with Crippen LogP contribution in [0.2, 0.25) is 0 Å². The number of morpholine rings is 1. The fourth-order valence-corrected chi connectivity index (χ4v) is 1.69. The van der Waals surface area contributed by atoms with Crippen LogP contribution >= 0.6 is 0 Å². The number of esters is 1. The minimum atomic E-state index is -0.322.